The van der Waals surface area contributed by atoms with Crippen LogP contribution >= 0.6 is 47.8 Å². The van der Waals surface area contributed by atoms with Gasteiger partial charge in [0.05, 0.1) is 0 Å². The summed E-state index contributed by atoms with van der Waals surface area (Å²) in [5, 5.41) is 0. The molecular weight excluding hydrogens is 400 g/mol. The van der Waals surface area contributed by atoms with Crippen LogP contribution in [-0.2, 0) is 0 Å². The van der Waals surface area contributed by atoms with Gasteiger partial charge in [-0.15, -0.1) is 0 Å². The zero-order valence-corrected chi connectivity index (χ0v) is 12.8. The quantitative estimate of drug-likeness (QED) is 0.615. The number of hydrogen-bond donors (Lipinski definition) is 0. The second-order valence-corrected chi connectivity index (χ2v) is 5.91. The Morgan fingerprint density at radius 1 is 0.625 bits per heavy atom. The van der Waals surface area contributed by atoms with Gasteiger partial charge in [0.2, 0.25) is 0 Å². The van der Waals surface area contributed by atoms with E-state index >= 15 is 0 Å². The van der Waals surface area contributed by atoms with Crippen LogP contribution in [0.15, 0.2) is 55.9 Å². The molecule has 0 amide bonds. The number of benzene rings is 2. The normalized spacial score (nSPS) is 10.2. The highest BCUT2D eigenvalue weighted by Gasteiger charge is 2.00. The highest BCUT2D eigenvalue weighted by Crippen LogP contribution is 2.29. The van der Waals surface area contributed by atoms with Gasteiger partial charge in [0.15, 0.2) is 0 Å². The minimum absolute atomic E-state index is 0.795. The summed E-state index contributed by atoms with van der Waals surface area (Å²) in [6.45, 7) is 0. The summed E-state index contributed by atoms with van der Waals surface area (Å²) in [5.41, 5.74) is 0. The van der Waals surface area contributed by atoms with Gasteiger partial charge in [0.1, 0.15) is 11.5 Å². The van der Waals surface area contributed by atoms with Crippen LogP contribution in [-0.4, -0.2) is 0 Å². The fourth-order valence-electron chi connectivity index (χ4n) is 1.23. The average Bonchev–Trinajstić information content (AvgIpc) is 2.20. The lowest BCUT2D eigenvalue weighted by molar-refractivity contribution is 0.482. The van der Waals surface area contributed by atoms with Gasteiger partial charge < -0.3 is 4.74 Å². The van der Waals surface area contributed by atoms with Crippen molar-refractivity contribution in [1.29, 1.82) is 0 Å². The van der Waals surface area contributed by atoms with Crippen molar-refractivity contribution >= 4 is 47.8 Å². The van der Waals surface area contributed by atoms with E-state index in [-0.39, 0.29) is 0 Å². The molecule has 0 aliphatic heterocycles. The zero-order valence-electron chi connectivity index (χ0n) is 8.08. The number of halogens is 3. The van der Waals surface area contributed by atoms with Gasteiger partial charge in [0, 0.05) is 13.4 Å². The van der Waals surface area contributed by atoms with Crippen LogP contribution in [0.25, 0.3) is 0 Å². The first-order chi connectivity index (χ1) is 7.63. The molecule has 1 nitrogen and oxygen atoms in total. The molecular formula is C12H7Br3O. The average molecular weight is 407 g/mol. The summed E-state index contributed by atoms with van der Waals surface area (Å²) in [7, 11) is 0. The standard InChI is InChI=1S/C12H7Br3O/c13-8-1-3-11(4-2-8)16-12-6-9(14)5-10(15)7-12/h1-7H. The molecule has 0 unspecified atom stereocenters. The summed E-state index contributed by atoms with van der Waals surface area (Å²) in [5.74, 6) is 1.61. The Hall–Kier alpha value is -0.320. The third kappa shape index (κ3) is 3.34. The first-order valence-corrected chi connectivity index (χ1v) is 6.91. The smallest absolute Gasteiger partial charge is 0.129 e. The van der Waals surface area contributed by atoms with Crippen molar-refractivity contribution < 1.29 is 4.74 Å². The minimum Gasteiger partial charge on any atom is -0.457 e. The molecule has 4 heteroatoms. The van der Waals surface area contributed by atoms with Crippen LogP contribution in [0.1, 0.15) is 0 Å². The number of rotatable bonds is 2. The van der Waals surface area contributed by atoms with Gasteiger partial charge in [-0.1, -0.05) is 47.8 Å². The van der Waals surface area contributed by atoms with E-state index < -0.39 is 0 Å². The van der Waals surface area contributed by atoms with Crippen molar-refractivity contribution in [2.45, 2.75) is 0 Å². The van der Waals surface area contributed by atoms with Gasteiger partial charge in [-0.25, -0.2) is 0 Å². The highest BCUT2D eigenvalue weighted by molar-refractivity contribution is 9.11. The zero-order chi connectivity index (χ0) is 11.5. The van der Waals surface area contributed by atoms with Crippen LogP contribution in [0.2, 0.25) is 0 Å². The Balaban J connectivity index is 2.23. The monoisotopic (exact) mass is 404 g/mol. The molecule has 2 rings (SSSR count). The van der Waals surface area contributed by atoms with E-state index in [1.54, 1.807) is 0 Å². The van der Waals surface area contributed by atoms with Crippen LogP contribution in [0, 0.1) is 0 Å². The van der Waals surface area contributed by atoms with Crippen molar-refractivity contribution in [1.82, 2.24) is 0 Å². The first kappa shape index (κ1) is 12.1. The van der Waals surface area contributed by atoms with Gasteiger partial charge in [0.25, 0.3) is 0 Å². The Kier molecular flexibility index (Phi) is 4.05. The predicted molar refractivity (Wildman–Crippen MR) is 76.1 cm³/mol. The molecule has 0 fully saturated rings. The lowest BCUT2D eigenvalue weighted by Crippen LogP contribution is -1.84. The molecule has 82 valence electrons. The third-order valence-electron chi connectivity index (χ3n) is 1.89. The van der Waals surface area contributed by atoms with E-state index in [9.17, 15) is 0 Å². The molecule has 0 aliphatic rings. The van der Waals surface area contributed by atoms with Crippen molar-refractivity contribution in [2.24, 2.45) is 0 Å². The summed E-state index contributed by atoms with van der Waals surface area (Å²) < 4.78 is 8.71. The third-order valence-corrected chi connectivity index (χ3v) is 3.33. The lowest BCUT2D eigenvalue weighted by atomic mass is 10.3. The second-order valence-electron chi connectivity index (χ2n) is 3.16. The SMILES string of the molecule is Brc1ccc(Oc2cc(Br)cc(Br)c2)cc1. The van der Waals surface area contributed by atoms with E-state index in [1.165, 1.54) is 0 Å². The first-order valence-electron chi connectivity index (χ1n) is 4.53. The summed E-state index contributed by atoms with van der Waals surface area (Å²) in [6, 6.07) is 13.5. The van der Waals surface area contributed by atoms with Gasteiger partial charge in [-0.05, 0) is 42.5 Å². The van der Waals surface area contributed by atoms with E-state index in [2.05, 4.69) is 47.8 Å². The van der Waals surface area contributed by atoms with E-state index in [1.807, 2.05) is 42.5 Å². The van der Waals surface area contributed by atoms with Crippen LogP contribution in [0.3, 0.4) is 0 Å². The summed E-state index contributed by atoms with van der Waals surface area (Å²) >= 11 is 10.2. The van der Waals surface area contributed by atoms with E-state index in [0.717, 1.165) is 24.9 Å². The molecule has 0 N–H and O–H groups in total. The number of hydrogen-bond acceptors (Lipinski definition) is 1. The maximum atomic E-state index is 5.71. The van der Waals surface area contributed by atoms with E-state index in [0.29, 0.717) is 0 Å². The molecule has 0 saturated heterocycles. The predicted octanol–water partition coefficient (Wildman–Crippen LogP) is 5.77. The molecule has 0 spiro atoms. The molecule has 0 heterocycles. The van der Waals surface area contributed by atoms with Gasteiger partial charge in [-0.2, -0.15) is 0 Å². The Bertz CT molecular complexity index is 474. The molecule has 2 aromatic rings. The molecule has 0 radical (unpaired) electrons. The Morgan fingerprint density at radius 3 is 1.75 bits per heavy atom. The molecule has 0 atom stereocenters. The van der Waals surface area contributed by atoms with Gasteiger partial charge >= 0.3 is 0 Å². The van der Waals surface area contributed by atoms with Crippen molar-refractivity contribution in [3.63, 3.8) is 0 Å². The molecule has 16 heavy (non-hydrogen) atoms. The van der Waals surface area contributed by atoms with Gasteiger partial charge in [-0.3, -0.25) is 0 Å². The summed E-state index contributed by atoms with van der Waals surface area (Å²) in [6.07, 6.45) is 0. The van der Waals surface area contributed by atoms with Crippen LogP contribution < -0.4 is 4.74 Å². The highest BCUT2D eigenvalue weighted by atomic mass is 79.9. The van der Waals surface area contributed by atoms with Crippen molar-refractivity contribution in [3.05, 3.63) is 55.9 Å². The molecule has 0 saturated carbocycles. The largest absolute Gasteiger partial charge is 0.457 e. The summed E-state index contributed by atoms with van der Waals surface area (Å²) in [4.78, 5) is 0. The Labute approximate surface area is 119 Å². The van der Waals surface area contributed by atoms with Crippen LogP contribution in [0.5, 0.6) is 11.5 Å². The molecule has 0 aliphatic carbocycles. The second kappa shape index (κ2) is 5.34. The maximum absolute atomic E-state index is 5.71. The Morgan fingerprint density at radius 2 is 1.19 bits per heavy atom. The lowest BCUT2D eigenvalue weighted by Gasteiger charge is -2.06. The molecule has 2 aromatic carbocycles. The van der Waals surface area contributed by atoms with Crippen molar-refractivity contribution in [3.8, 4) is 11.5 Å². The molecule has 0 bridgehead atoms. The number of ether oxygens (including phenoxy) is 1. The van der Waals surface area contributed by atoms with E-state index in [4.69, 9.17) is 4.74 Å². The fourth-order valence-corrected chi connectivity index (χ4v) is 2.74. The van der Waals surface area contributed by atoms with Crippen molar-refractivity contribution in [2.75, 3.05) is 0 Å². The fraction of sp³-hybridized carbons (Fsp3) is 0. The maximum Gasteiger partial charge on any atom is 0.129 e. The molecule has 0 aromatic heterocycles. The topological polar surface area (TPSA) is 9.23 Å². The van der Waals surface area contributed by atoms with Crippen LogP contribution in [0.4, 0.5) is 0 Å². The minimum atomic E-state index is 0.795.